The number of hydrogen-bond acceptors (Lipinski definition) is 4. The van der Waals surface area contributed by atoms with E-state index >= 15 is 0 Å². The number of thiophene rings is 1. The Balaban J connectivity index is 2.71. The summed E-state index contributed by atoms with van der Waals surface area (Å²) >= 11 is 1.69. The molecule has 0 amide bonds. The van der Waals surface area contributed by atoms with Gasteiger partial charge >= 0.3 is 0 Å². The molecule has 4 heteroatoms. The molecule has 0 bridgehead atoms. The fourth-order valence-corrected chi connectivity index (χ4v) is 2.39. The van der Waals surface area contributed by atoms with Crippen LogP contribution in [0.15, 0.2) is 11.4 Å². The van der Waals surface area contributed by atoms with E-state index in [-0.39, 0.29) is 5.41 Å². The molecule has 2 aromatic rings. The number of anilines is 1. The molecule has 0 N–H and O–H groups in total. The molecule has 0 saturated carbocycles. The second-order valence-corrected chi connectivity index (χ2v) is 6.07. The largest absolute Gasteiger partial charge is 0.361 e. The Hall–Kier alpha value is -1.16. The summed E-state index contributed by atoms with van der Waals surface area (Å²) in [6.07, 6.45) is 0. The summed E-state index contributed by atoms with van der Waals surface area (Å²) in [4.78, 5) is 11.3. The van der Waals surface area contributed by atoms with Gasteiger partial charge in [0.05, 0.1) is 10.2 Å². The van der Waals surface area contributed by atoms with Crippen molar-refractivity contribution in [1.82, 2.24) is 9.97 Å². The van der Waals surface area contributed by atoms with Crippen molar-refractivity contribution in [2.45, 2.75) is 26.2 Å². The molecule has 0 saturated heterocycles. The summed E-state index contributed by atoms with van der Waals surface area (Å²) in [7, 11) is 4.04. The standard InChI is InChI=1S/C12H17N3S/c1-12(2,3)11-13-8-6-7-16-9(8)10(14-11)15(4)5/h6-7H,1-5H3. The van der Waals surface area contributed by atoms with Crippen LogP contribution in [0.25, 0.3) is 10.2 Å². The van der Waals surface area contributed by atoms with E-state index in [1.807, 2.05) is 14.1 Å². The van der Waals surface area contributed by atoms with Crippen molar-refractivity contribution in [3.05, 3.63) is 17.3 Å². The van der Waals surface area contributed by atoms with Crippen LogP contribution in [-0.2, 0) is 5.41 Å². The van der Waals surface area contributed by atoms with Crippen LogP contribution in [0.4, 0.5) is 5.82 Å². The topological polar surface area (TPSA) is 29.0 Å². The van der Waals surface area contributed by atoms with Crippen LogP contribution in [-0.4, -0.2) is 24.1 Å². The highest BCUT2D eigenvalue weighted by molar-refractivity contribution is 7.17. The number of nitrogens with zero attached hydrogens (tertiary/aromatic N) is 3. The van der Waals surface area contributed by atoms with Crippen LogP contribution < -0.4 is 4.90 Å². The van der Waals surface area contributed by atoms with Gasteiger partial charge in [-0.3, -0.25) is 0 Å². The van der Waals surface area contributed by atoms with Gasteiger partial charge in [-0.25, -0.2) is 9.97 Å². The van der Waals surface area contributed by atoms with E-state index in [0.29, 0.717) is 0 Å². The van der Waals surface area contributed by atoms with Gasteiger partial charge in [-0.2, -0.15) is 0 Å². The average Bonchev–Trinajstić information content (AvgIpc) is 2.61. The number of rotatable bonds is 1. The molecule has 2 rings (SSSR count). The first-order valence-electron chi connectivity index (χ1n) is 5.32. The molecule has 16 heavy (non-hydrogen) atoms. The molecular formula is C12H17N3S. The summed E-state index contributed by atoms with van der Waals surface area (Å²) in [6, 6.07) is 2.06. The number of fused-ring (bicyclic) bond motifs is 1. The van der Waals surface area contributed by atoms with Crippen molar-refractivity contribution >= 4 is 27.4 Å². The van der Waals surface area contributed by atoms with Gasteiger partial charge in [0.25, 0.3) is 0 Å². The zero-order chi connectivity index (χ0) is 11.9. The van der Waals surface area contributed by atoms with E-state index < -0.39 is 0 Å². The zero-order valence-corrected chi connectivity index (χ0v) is 11.2. The predicted molar refractivity (Wildman–Crippen MR) is 70.4 cm³/mol. The van der Waals surface area contributed by atoms with Crippen molar-refractivity contribution in [1.29, 1.82) is 0 Å². The molecule has 0 aliphatic rings. The molecule has 86 valence electrons. The fraction of sp³-hybridized carbons (Fsp3) is 0.500. The maximum Gasteiger partial charge on any atom is 0.149 e. The Morgan fingerprint density at radius 3 is 2.44 bits per heavy atom. The van der Waals surface area contributed by atoms with Crippen LogP contribution >= 0.6 is 11.3 Å². The van der Waals surface area contributed by atoms with Crippen LogP contribution in [0.1, 0.15) is 26.6 Å². The third-order valence-electron chi connectivity index (χ3n) is 2.38. The second-order valence-electron chi connectivity index (χ2n) is 5.15. The molecular weight excluding hydrogens is 218 g/mol. The van der Waals surface area contributed by atoms with Crippen molar-refractivity contribution in [2.75, 3.05) is 19.0 Å². The first-order chi connectivity index (χ1) is 7.39. The molecule has 0 radical (unpaired) electrons. The van der Waals surface area contributed by atoms with E-state index in [2.05, 4.69) is 47.1 Å². The number of hydrogen-bond donors (Lipinski definition) is 0. The second kappa shape index (κ2) is 3.70. The van der Waals surface area contributed by atoms with Crippen molar-refractivity contribution in [3.63, 3.8) is 0 Å². The quantitative estimate of drug-likeness (QED) is 0.760. The molecule has 0 aromatic carbocycles. The molecule has 0 unspecified atom stereocenters. The summed E-state index contributed by atoms with van der Waals surface area (Å²) in [5.41, 5.74) is 1.04. The van der Waals surface area contributed by atoms with E-state index in [0.717, 1.165) is 21.9 Å². The van der Waals surface area contributed by atoms with Gasteiger partial charge in [-0.05, 0) is 11.4 Å². The van der Waals surface area contributed by atoms with E-state index in [4.69, 9.17) is 0 Å². The summed E-state index contributed by atoms with van der Waals surface area (Å²) in [5, 5.41) is 2.07. The lowest BCUT2D eigenvalue weighted by Gasteiger charge is -2.20. The zero-order valence-electron chi connectivity index (χ0n) is 10.4. The van der Waals surface area contributed by atoms with Gasteiger partial charge in [0.2, 0.25) is 0 Å². The third kappa shape index (κ3) is 1.89. The minimum Gasteiger partial charge on any atom is -0.361 e. The maximum atomic E-state index is 4.67. The van der Waals surface area contributed by atoms with Crippen LogP contribution in [0.5, 0.6) is 0 Å². The Kier molecular flexibility index (Phi) is 2.62. The lowest BCUT2D eigenvalue weighted by Crippen LogP contribution is -2.19. The van der Waals surface area contributed by atoms with Crippen molar-refractivity contribution in [2.24, 2.45) is 0 Å². The summed E-state index contributed by atoms with van der Waals surface area (Å²) < 4.78 is 1.16. The van der Waals surface area contributed by atoms with Gasteiger partial charge in [-0.15, -0.1) is 11.3 Å². The lowest BCUT2D eigenvalue weighted by molar-refractivity contribution is 0.548. The molecule has 3 nitrogen and oxygen atoms in total. The normalized spacial score (nSPS) is 12.1. The molecule has 0 fully saturated rings. The van der Waals surface area contributed by atoms with Crippen LogP contribution in [0.2, 0.25) is 0 Å². The predicted octanol–water partition coefficient (Wildman–Crippen LogP) is 3.05. The highest BCUT2D eigenvalue weighted by Crippen LogP contribution is 2.30. The maximum absolute atomic E-state index is 4.67. The summed E-state index contributed by atoms with van der Waals surface area (Å²) in [5.74, 6) is 1.92. The van der Waals surface area contributed by atoms with Gasteiger partial charge in [-0.1, -0.05) is 20.8 Å². The number of aromatic nitrogens is 2. The molecule has 2 heterocycles. The third-order valence-corrected chi connectivity index (χ3v) is 3.28. The Labute approximate surface area is 100 Å². The first-order valence-corrected chi connectivity index (χ1v) is 6.20. The van der Waals surface area contributed by atoms with E-state index in [1.165, 1.54) is 0 Å². The Morgan fingerprint density at radius 1 is 1.19 bits per heavy atom. The minimum atomic E-state index is -0.0130. The lowest BCUT2D eigenvalue weighted by atomic mass is 9.95. The SMILES string of the molecule is CN(C)c1nc(C(C)(C)C)nc2ccsc12. The van der Waals surface area contributed by atoms with E-state index in [1.54, 1.807) is 11.3 Å². The van der Waals surface area contributed by atoms with Gasteiger partial charge in [0, 0.05) is 19.5 Å². The van der Waals surface area contributed by atoms with Crippen LogP contribution in [0.3, 0.4) is 0 Å². The molecule has 2 aromatic heterocycles. The monoisotopic (exact) mass is 235 g/mol. The van der Waals surface area contributed by atoms with Gasteiger partial charge in [0.15, 0.2) is 0 Å². The molecule has 0 aliphatic heterocycles. The average molecular weight is 235 g/mol. The van der Waals surface area contributed by atoms with Gasteiger partial charge < -0.3 is 4.90 Å². The van der Waals surface area contributed by atoms with E-state index in [9.17, 15) is 0 Å². The Bertz CT molecular complexity index is 508. The van der Waals surface area contributed by atoms with Crippen molar-refractivity contribution < 1.29 is 0 Å². The highest BCUT2D eigenvalue weighted by Gasteiger charge is 2.20. The van der Waals surface area contributed by atoms with Crippen LogP contribution in [0, 0.1) is 0 Å². The van der Waals surface area contributed by atoms with Crippen molar-refractivity contribution in [3.8, 4) is 0 Å². The minimum absolute atomic E-state index is 0.0130. The summed E-state index contributed by atoms with van der Waals surface area (Å²) in [6.45, 7) is 6.42. The first kappa shape index (κ1) is 11.3. The molecule has 0 aliphatic carbocycles. The molecule has 0 atom stereocenters. The highest BCUT2D eigenvalue weighted by atomic mass is 32.1. The fourth-order valence-electron chi connectivity index (χ4n) is 1.49. The smallest absolute Gasteiger partial charge is 0.149 e. The Morgan fingerprint density at radius 2 is 1.88 bits per heavy atom. The molecule has 0 spiro atoms. The van der Waals surface area contributed by atoms with Gasteiger partial charge in [0.1, 0.15) is 11.6 Å².